The molecule has 1 rings (SSSR count). The first-order valence-electron chi connectivity index (χ1n) is 6.90. The molecule has 0 aliphatic rings. The van der Waals surface area contributed by atoms with Crippen LogP contribution in [-0.4, -0.2) is 42.1 Å². The summed E-state index contributed by atoms with van der Waals surface area (Å²) < 4.78 is 0. The van der Waals surface area contributed by atoms with E-state index < -0.39 is 5.97 Å². The van der Waals surface area contributed by atoms with E-state index in [4.69, 9.17) is 0 Å². The monoisotopic (exact) mass is 335 g/mol. The van der Waals surface area contributed by atoms with E-state index in [1.165, 1.54) is 0 Å². The zero-order valence-electron chi connectivity index (χ0n) is 13.1. The Morgan fingerprint density at radius 3 is 1.90 bits per heavy atom. The van der Waals surface area contributed by atoms with Crippen molar-refractivity contribution in [1.82, 2.24) is 0 Å². The molecular formula is C15H22NNaO2S2. The summed E-state index contributed by atoms with van der Waals surface area (Å²) in [5, 5.41) is 10.8. The Morgan fingerprint density at radius 1 is 1.05 bits per heavy atom. The number of hydrogen-bond acceptors (Lipinski definition) is 5. The molecule has 0 aromatic heterocycles. The number of anilines is 1. The minimum atomic E-state index is -1.12. The van der Waals surface area contributed by atoms with Crippen molar-refractivity contribution in [1.29, 1.82) is 0 Å². The van der Waals surface area contributed by atoms with Crippen LogP contribution >= 0.6 is 23.5 Å². The molecule has 0 aliphatic carbocycles. The van der Waals surface area contributed by atoms with Gasteiger partial charge in [-0.2, -0.15) is 23.5 Å². The first-order valence-corrected chi connectivity index (χ1v) is 9.21. The van der Waals surface area contributed by atoms with Gasteiger partial charge >= 0.3 is 29.6 Å². The third-order valence-corrected chi connectivity index (χ3v) is 4.65. The number of carbonyl (C=O) groups is 1. The maximum atomic E-state index is 10.8. The second kappa shape index (κ2) is 12.7. The summed E-state index contributed by atoms with van der Waals surface area (Å²) >= 11 is 3.85. The van der Waals surface area contributed by atoms with Gasteiger partial charge in [-0.25, -0.2) is 0 Å². The molecule has 0 bridgehead atoms. The zero-order valence-corrected chi connectivity index (χ0v) is 16.8. The van der Waals surface area contributed by atoms with Crippen molar-refractivity contribution in [3.05, 3.63) is 29.8 Å². The number of carbonyl (C=O) groups excluding carboxylic acids is 1. The summed E-state index contributed by atoms with van der Waals surface area (Å²) in [5.41, 5.74) is 1.32. The second-order valence-electron chi connectivity index (χ2n) is 4.22. The summed E-state index contributed by atoms with van der Waals surface area (Å²) in [6.07, 6.45) is 0. The number of hydrogen-bond donors (Lipinski definition) is 0. The molecule has 0 fully saturated rings. The van der Waals surface area contributed by atoms with Crippen LogP contribution in [0.4, 0.5) is 5.69 Å². The van der Waals surface area contributed by atoms with Gasteiger partial charge in [-0.1, -0.05) is 26.0 Å². The molecule has 0 radical (unpaired) electrons. The molecule has 0 saturated heterocycles. The molecule has 112 valence electrons. The first kappa shape index (κ1) is 21.2. The van der Waals surface area contributed by atoms with Gasteiger partial charge < -0.3 is 14.8 Å². The summed E-state index contributed by atoms with van der Waals surface area (Å²) in [5.74, 6) is 3.32. The standard InChI is InChI=1S/C15H23NO2S2.Na/c1-3-19-11-9-16(10-12-20-4-2)14-7-5-13(6-8-14)15(17)18;/h5-8H,3-4,9-12H2,1-2H3,(H,17,18);/q;+1/p-1. The van der Waals surface area contributed by atoms with Gasteiger partial charge in [0.1, 0.15) is 0 Å². The van der Waals surface area contributed by atoms with E-state index in [2.05, 4.69) is 18.7 Å². The van der Waals surface area contributed by atoms with Crippen LogP contribution < -0.4 is 39.6 Å². The number of aromatic carboxylic acids is 1. The minimum absolute atomic E-state index is 0. The molecule has 0 unspecified atom stereocenters. The Morgan fingerprint density at radius 2 is 1.52 bits per heavy atom. The van der Waals surface area contributed by atoms with E-state index in [0.717, 1.165) is 41.8 Å². The van der Waals surface area contributed by atoms with Crippen LogP contribution in [0.2, 0.25) is 0 Å². The molecular weight excluding hydrogens is 313 g/mol. The van der Waals surface area contributed by atoms with Crippen molar-refractivity contribution in [3.63, 3.8) is 0 Å². The summed E-state index contributed by atoms with van der Waals surface area (Å²) in [6.45, 7) is 6.31. The summed E-state index contributed by atoms with van der Waals surface area (Å²) in [6, 6.07) is 6.99. The molecule has 3 nitrogen and oxygen atoms in total. The van der Waals surface area contributed by atoms with Crippen LogP contribution in [0.3, 0.4) is 0 Å². The maximum Gasteiger partial charge on any atom is 1.00 e. The van der Waals surface area contributed by atoms with Gasteiger partial charge in [0.25, 0.3) is 0 Å². The normalized spacial score (nSPS) is 10.0. The van der Waals surface area contributed by atoms with Gasteiger partial charge in [0.2, 0.25) is 0 Å². The van der Waals surface area contributed by atoms with Crippen molar-refractivity contribution < 1.29 is 39.5 Å². The summed E-state index contributed by atoms with van der Waals surface area (Å²) in [4.78, 5) is 13.1. The average molecular weight is 335 g/mol. The number of rotatable bonds is 10. The first-order chi connectivity index (χ1) is 9.69. The predicted octanol–water partition coefficient (Wildman–Crippen LogP) is -0.633. The molecule has 1 aromatic rings. The number of benzene rings is 1. The van der Waals surface area contributed by atoms with Crippen LogP contribution in [0.25, 0.3) is 0 Å². The molecule has 0 amide bonds. The van der Waals surface area contributed by atoms with Crippen molar-refractivity contribution in [2.75, 3.05) is 41.0 Å². The number of carboxylic acids is 1. The van der Waals surface area contributed by atoms with Crippen molar-refractivity contribution in [3.8, 4) is 0 Å². The van der Waals surface area contributed by atoms with E-state index in [9.17, 15) is 9.90 Å². The minimum Gasteiger partial charge on any atom is -0.545 e. The molecule has 6 heteroatoms. The SMILES string of the molecule is CCSCCN(CCSCC)c1ccc(C(=O)[O-])cc1.[Na+]. The molecule has 1 aromatic carbocycles. The van der Waals surface area contributed by atoms with Gasteiger partial charge in [-0.3, -0.25) is 0 Å². The Hall–Kier alpha value is 0.190. The van der Waals surface area contributed by atoms with Crippen molar-refractivity contribution in [2.45, 2.75) is 13.8 Å². The largest absolute Gasteiger partial charge is 1.00 e. The van der Waals surface area contributed by atoms with Gasteiger partial charge in [0.15, 0.2) is 0 Å². The number of carboxylic acid groups (broad SMARTS) is 1. The summed E-state index contributed by atoms with van der Waals surface area (Å²) in [7, 11) is 0. The third-order valence-electron chi connectivity index (χ3n) is 2.89. The van der Waals surface area contributed by atoms with E-state index in [1.807, 2.05) is 35.7 Å². The maximum absolute atomic E-state index is 10.8. The van der Waals surface area contributed by atoms with E-state index in [1.54, 1.807) is 12.1 Å². The van der Waals surface area contributed by atoms with Crippen LogP contribution in [0.5, 0.6) is 0 Å². The third kappa shape index (κ3) is 8.41. The fraction of sp³-hybridized carbons (Fsp3) is 0.533. The number of thioether (sulfide) groups is 2. The van der Waals surface area contributed by atoms with Gasteiger partial charge in [-0.05, 0) is 29.2 Å². The number of nitrogens with zero attached hydrogens (tertiary/aromatic N) is 1. The van der Waals surface area contributed by atoms with Gasteiger partial charge in [-0.15, -0.1) is 0 Å². The quantitative estimate of drug-likeness (QED) is 0.421. The Bertz CT molecular complexity index is 391. The van der Waals surface area contributed by atoms with Crippen LogP contribution in [-0.2, 0) is 0 Å². The fourth-order valence-electron chi connectivity index (χ4n) is 1.82. The molecule has 0 atom stereocenters. The van der Waals surface area contributed by atoms with E-state index in [0.29, 0.717) is 0 Å². The van der Waals surface area contributed by atoms with Gasteiger partial charge in [0, 0.05) is 30.3 Å². The molecule has 0 aliphatic heterocycles. The Labute approximate surface area is 158 Å². The van der Waals surface area contributed by atoms with E-state index >= 15 is 0 Å². The van der Waals surface area contributed by atoms with E-state index in [-0.39, 0.29) is 35.1 Å². The second-order valence-corrected chi connectivity index (χ2v) is 7.00. The van der Waals surface area contributed by atoms with Crippen LogP contribution in [0.1, 0.15) is 24.2 Å². The molecule has 0 N–H and O–H groups in total. The smallest absolute Gasteiger partial charge is 0.545 e. The van der Waals surface area contributed by atoms with Gasteiger partial charge in [0.05, 0.1) is 5.97 Å². The topological polar surface area (TPSA) is 43.4 Å². The molecule has 0 spiro atoms. The van der Waals surface area contributed by atoms with Crippen LogP contribution in [0.15, 0.2) is 24.3 Å². The predicted molar refractivity (Wildman–Crippen MR) is 89.0 cm³/mol. The zero-order chi connectivity index (χ0) is 14.8. The molecule has 0 saturated carbocycles. The molecule has 21 heavy (non-hydrogen) atoms. The average Bonchev–Trinajstić information content (AvgIpc) is 2.46. The van der Waals surface area contributed by atoms with Crippen molar-refractivity contribution in [2.24, 2.45) is 0 Å². The van der Waals surface area contributed by atoms with Crippen LogP contribution in [0, 0.1) is 0 Å². The Kier molecular flexibility index (Phi) is 12.8. The van der Waals surface area contributed by atoms with Crippen molar-refractivity contribution >= 4 is 35.2 Å². The Balaban J connectivity index is 0.00000400. The molecule has 0 heterocycles. The fourth-order valence-corrected chi connectivity index (χ4v) is 3.09.